The second-order valence-corrected chi connectivity index (χ2v) is 5.87. The van der Waals surface area contributed by atoms with Crippen molar-refractivity contribution in [1.82, 2.24) is 10.2 Å². The van der Waals surface area contributed by atoms with Crippen molar-refractivity contribution in [3.63, 3.8) is 0 Å². The summed E-state index contributed by atoms with van der Waals surface area (Å²) in [6, 6.07) is 4.73. The van der Waals surface area contributed by atoms with Crippen molar-refractivity contribution in [3.05, 3.63) is 34.9 Å². The normalized spacial score (nSPS) is 18.6. The fourth-order valence-electron chi connectivity index (χ4n) is 3.04. The molecule has 26 heavy (non-hydrogen) atoms. The number of amides is 3. The number of hydrogen-bond donors (Lipinski definition) is 2. The van der Waals surface area contributed by atoms with Gasteiger partial charge in [-0.2, -0.15) is 0 Å². The van der Waals surface area contributed by atoms with E-state index in [-0.39, 0.29) is 37.2 Å². The third-order valence-electron chi connectivity index (χ3n) is 4.24. The van der Waals surface area contributed by atoms with Crippen molar-refractivity contribution in [1.29, 1.82) is 0 Å². The lowest BCUT2D eigenvalue weighted by atomic mass is 10.0. The Balaban J connectivity index is 0.00000243. The number of rotatable bonds is 4. The van der Waals surface area contributed by atoms with Gasteiger partial charge in [-0.05, 0) is 24.1 Å². The summed E-state index contributed by atoms with van der Waals surface area (Å²) in [5.41, 5.74) is 7.46. The first kappa shape index (κ1) is 19.9. The van der Waals surface area contributed by atoms with Gasteiger partial charge in [0.1, 0.15) is 12.6 Å². The molecular formula is C18H20ClN3O4. The fourth-order valence-corrected chi connectivity index (χ4v) is 3.04. The van der Waals surface area contributed by atoms with Gasteiger partial charge in [0, 0.05) is 30.6 Å². The number of nitrogens with two attached hydrogens (primary N) is 1. The summed E-state index contributed by atoms with van der Waals surface area (Å²) in [6.07, 6.45) is 0.583. The number of fused-ring (bicyclic) bond motifs is 1. The van der Waals surface area contributed by atoms with Gasteiger partial charge in [-0.1, -0.05) is 17.9 Å². The Morgan fingerprint density at radius 3 is 2.85 bits per heavy atom. The molecule has 3 N–H and O–H groups in total. The van der Waals surface area contributed by atoms with E-state index in [0.29, 0.717) is 31.7 Å². The predicted octanol–water partition coefficient (Wildman–Crippen LogP) is 0.196. The number of benzene rings is 1. The molecule has 1 aromatic carbocycles. The molecule has 0 spiro atoms. The third kappa shape index (κ3) is 4.05. The van der Waals surface area contributed by atoms with Crippen molar-refractivity contribution < 1.29 is 19.1 Å². The topological polar surface area (TPSA) is 102 Å². The van der Waals surface area contributed by atoms with E-state index in [4.69, 9.17) is 10.5 Å². The van der Waals surface area contributed by atoms with Gasteiger partial charge in [-0.3, -0.25) is 19.7 Å². The lowest BCUT2D eigenvalue weighted by Crippen LogP contribution is -2.52. The standard InChI is InChI=1S/C18H19N3O4.ClH/c19-8-10-25-9-2-4-12-3-1-5-13-14(12)11-21(18(13)24)15-6-7-16(22)20-17(15)23;/h1,3,5,15H,6-11,19H2,(H,20,22,23);1H. The highest BCUT2D eigenvalue weighted by molar-refractivity contribution is 6.05. The Morgan fingerprint density at radius 2 is 2.12 bits per heavy atom. The van der Waals surface area contributed by atoms with Crippen LogP contribution in [-0.4, -0.2) is 48.4 Å². The van der Waals surface area contributed by atoms with Crippen LogP contribution in [0.2, 0.25) is 0 Å². The van der Waals surface area contributed by atoms with Crippen LogP contribution >= 0.6 is 12.4 Å². The summed E-state index contributed by atoms with van der Waals surface area (Å²) >= 11 is 0. The molecule has 0 radical (unpaired) electrons. The van der Waals surface area contributed by atoms with Crippen molar-refractivity contribution in [2.75, 3.05) is 19.8 Å². The highest BCUT2D eigenvalue weighted by Crippen LogP contribution is 2.29. The number of carbonyl (C=O) groups is 3. The first-order chi connectivity index (χ1) is 12.1. The molecule has 0 aromatic heterocycles. The van der Waals surface area contributed by atoms with Crippen LogP contribution in [0, 0.1) is 11.8 Å². The Labute approximate surface area is 157 Å². The van der Waals surface area contributed by atoms with E-state index in [1.165, 1.54) is 4.90 Å². The first-order valence-electron chi connectivity index (χ1n) is 8.15. The highest BCUT2D eigenvalue weighted by Gasteiger charge is 2.39. The number of carbonyl (C=O) groups excluding carboxylic acids is 3. The maximum absolute atomic E-state index is 12.7. The zero-order chi connectivity index (χ0) is 17.8. The van der Waals surface area contributed by atoms with E-state index < -0.39 is 11.9 Å². The molecule has 1 saturated heterocycles. The van der Waals surface area contributed by atoms with E-state index >= 15 is 0 Å². The number of ether oxygens (including phenoxy) is 1. The van der Waals surface area contributed by atoms with Crippen LogP contribution in [-0.2, 0) is 20.9 Å². The second kappa shape index (κ2) is 8.81. The Hall–Kier alpha value is -2.40. The van der Waals surface area contributed by atoms with Crippen LogP contribution in [0.4, 0.5) is 0 Å². The molecule has 1 atom stereocenters. The number of nitrogens with zero attached hydrogens (tertiary/aromatic N) is 1. The van der Waals surface area contributed by atoms with E-state index in [1.807, 2.05) is 6.07 Å². The van der Waals surface area contributed by atoms with Gasteiger partial charge in [0.25, 0.3) is 5.91 Å². The van der Waals surface area contributed by atoms with Gasteiger partial charge in [0.05, 0.1) is 6.61 Å². The molecule has 3 amide bonds. The molecule has 7 nitrogen and oxygen atoms in total. The zero-order valence-electron chi connectivity index (χ0n) is 14.1. The van der Waals surface area contributed by atoms with Gasteiger partial charge < -0.3 is 15.4 Å². The van der Waals surface area contributed by atoms with E-state index in [2.05, 4.69) is 17.2 Å². The van der Waals surface area contributed by atoms with E-state index in [9.17, 15) is 14.4 Å². The van der Waals surface area contributed by atoms with Gasteiger partial charge in [-0.15, -0.1) is 12.4 Å². The summed E-state index contributed by atoms with van der Waals surface area (Å²) in [4.78, 5) is 37.6. The summed E-state index contributed by atoms with van der Waals surface area (Å²) in [5, 5.41) is 2.30. The van der Waals surface area contributed by atoms with Gasteiger partial charge in [0.15, 0.2) is 0 Å². The monoisotopic (exact) mass is 377 g/mol. The number of imide groups is 1. The molecule has 1 unspecified atom stereocenters. The summed E-state index contributed by atoms with van der Waals surface area (Å²) in [7, 11) is 0. The summed E-state index contributed by atoms with van der Waals surface area (Å²) < 4.78 is 5.22. The third-order valence-corrected chi connectivity index (χ3v) is 4.24. The van der Waals surface area contributed by atoms with Crippen molar-refractivity contribution in [2.45, 2.75) is 25.4 Å². The summed E-state index contributed by atoms with van der Waals surface area (Å²) in [5.74, 6) is 5.01. The van der Waals surface area contributed by atoms with Gasteiger partial charge in [0.2, 0.25) is 11.8 Å². The first-order valence-corrected chi connectivity index (χ1v) is 8.15. The molecule has 0 bridgehead atoms. The van der Waals surface area contributed by atoms with Crippen LogP contribution in [0.1, 0.15) is 34.3 Å². The molecule has 138 valence electrons. The quantitative estimate of drug-likeness (QED) is 0.443. The van der Waals surface area contributed by atoms with Crippen molar-refractivity contribution in [2.24, 2.45) is 5.73 Å². The summed E-state index contributed by atoms with van der Waals surface area (Å²) in [6.45, 7) is 1.47. The molecular weight excluding hydrogens is 358 g/mol. The Kier molecular flexibility index (Phi) is 6.75. The molecule has 1 aromatic rings. The molecule has 8 heteroatoms. The average Bonchev–Trinajstić information content (AvgIpc) is 2.92. The minimum Gasteiger partial charge on any atom is -0.367 e. The SMILES string of the molecule is Cl.NCCOCC#Cc1cccc2c1CN(C1CCC(=O)NC1=O)C2=O. The maximum atomic E-state index is 12.7. The molecule has 2 aliphatic heterocycles. The van der Waals surface area contributed by atoms with Gasteiger partial charge in [-0.25, -0.2) is 0 Å². The van der Waals surface area contributed by atoms with E-state index in [1.54, 1.807) is 12.1 Å². The smallest absolute Gasteiger partial charge is 0.255 e. The zero-order valence-corrected chi connectivity index (χ0v) is 14.9. The highest BCUT2D eigenvalue weighted by atomic mass is 35.5. The fraction of sp³-hybridized carbons (Fsp3) is 0.389. The molecule has 0 saturated carbocycles. The van der Waals surface area contributed by atoms with E-state index in [0.717, 1.165) is 11.1 Å². The molecule has 1 fully saturated rings. The Bertz CT molecular complexity index is 784. The minimum atomic E-state index is -0.619. The minimum absolute atomic E-state index is 0. The predicted molar refractivity (Wildman–Crippen MR) is 96.5 cm³/mol. The number of piperidine rings is 1. The van der Waals surface area contributed by atoms with Crippen molar-refractivity contribution in [3.8, 4) is 11.8 Å². The van der Waals surface area contributed by atoms with Gasteiger partial charge >= 0.3 is 0 Å². The van der Waals surface area contributed by atoms with Crippen LogP contribution in [0.5, 0.6) is 0 Å². The van der Waals surface area contributed by atoms with Crippen molar-refractivity contribution >= 4 is 30.1 Å². The van der Waals surface area contributed by atoms with Crippen LogP contribution in [0.3, 0.4) is 0 Å². The lowest BCUT2D eigenvalue weighted by Gasteiger charge is -2.29. The lowest BCUT2D eigenvalue weighted by molar-refractivity contribution is -0.136. The van der Waals surface area contributed by atoms with Crippen LogP contribution < -0.4 is 11.1 Å². The Morgan fingerprint density at radius 1 is 1.31 bits per heavy atom. The molecule has 0 aliphatic carbocycles. The van der Waals surface area contributed by atoms with Crippen LogP contribution in [0.15, 0.2) is 18.2 Å². The van der Waals surface area contributed by atoms with Crippen LogP contribution in [0.25, 0.3) is 0 Å². The molecule has 2 aliphatic rings. The maximum Gasteiger partial charge on any atom is 0.255 e. The molecule has 2 heterocycles. The largest absolute Gasteiger partial charge is 0.367 e. The second-order valence-electron chi connectivity index (χ2n) is 5.87. The number of hydrogen-bond acceptors (Lipinski definition) is 5. The molecule has 3 rings (SSSR count). The number of nitrogens with one attached hydrogen (secondary N) is 1. The average molecular weight is 378 g/mol. The number of halogens is 1.